The lowest BCUT2D eigenvalue weighted by Gasteiger charge is -2.25. The number of rotatable bonds is 1. The van der Waals surface area contributed by atoms with E-state index >= 15 is 0 Å². The molecule has 1 fully saturated rings. The van der Waals surface area contributed by atoms with Crippen LogP contribution in [0.2, 0.25) is 0 Å². The van der Waals surface area contributed by atoms with E-state index in [9.17, 15) is 5.11 Å². The minimum atomic E-state index is -0.107. The first kappa shape index (κ1) is 12.0. The lowest BCUT2D eigenvalue weighted by atomic mass is 9.93. The van der Waals surface area contributed by atoms with Gasteiger partial charge in [-0.25, -0.2) is 0 Å². The second-order valence-electron chi connectivity index (χ2n) is 3.72. The van der Waals surface area contributed by atoms with Crippen molar-refractivity contribution in [2.75, 3.05) is 5.73 Å². The maximum absolute atomic E-state index is 9.32. The molecule has 1 aromatic heterocycles. The van der Waals surface area contributed by atoms with Crippen molar-refractivity contribution in [2.24, 2.45) is 0 Å². The van der Waals surface area contributed by atoms with Crippen LogP contribution in [0.1, 0.15) is 45.6 Å². The normalized spacial score (nSPS) is 25.5. The number of aromatic nitrogens is 2. The molecule has 3 N–H and O–H groups in total. The summed E-state index contributed by atoms with van der Waals surface area (Å²) < 4.78 is 1.92. The van der Waals surface area contributed by atoms with Crippen molar-refractivity contribution >= 4 is 5.69 Å². The number of aliphatic hydroxyl groups excluding tert-OH is 1. The van der Waals surface area contributed by atoms with Gasteiger partial charge in [-0.15, -0.1) is 0 Å². The Morgan fingerprint density at radius 2 is 1.93 bits per heavy atom. The van der Waals surface area contributed by atoms with E-state index in [1.807, 2.05) is 24.7 Å². The van der Waals surface area contributed by atoms with Crippen molar-refractivity contribution in [1.29, 1.82) is 0 Å². The van der Waals surface area contributed by atoms with Crippen LogP contribution in [0.4, 0.5) is 5.69 Å². The molecule has 15 heavy (non-hydrogen) atoms. The molecule has 1 saturated carbocycles. The smallest absolute Gasteiger partial charge is 0.0719 e. The zero-order valence-corrected chi connectivity index (χ0v) is 9.56. The van der Waals surface area contributed by atoms with E-state index in [0.717, 1.165) is 25.7 Å². The zero-order valence-electron chi connectivity index (χ0n) is 9.56. The van der Waals surface area contributed by atoms with E-state index in [1.165, 1.54) is 0 Å². The molecule has 0 unspecified atom stereocenters. The third-order valence-electron chi connectivity index (χ3n) is 2.66. The second kappa shape index (κ2) is 5.75. The average molecular weight is 211 g/mol. The molecular formula is C11H21N3O. The molecule has 0 saturated heterocycles. The zero-order chi connectivity index (χ0) is 11.3. The van der Waals surface area contributed by atoms with E-state index in [0.29, 0.717) is 11.7 Å². The Kier molecular flexibility index (Phi) is 4.62. The van der Waals surface area contributed by atoms with E-state index in [4.69, 9.17) is 5.73 Å². The predicted molar refractivity (Wildman–Crippen MR) is 61.5 cm³/mol. The Balaban J connectivity index is 0.000000531. The van der Waals surface area contributed by atoms with E-state index < -0.39 is 0 Å². The van der Waals surface area contributed by atoms with E-state index in [1.54, 1.807) is 6.20 Å². The molecule has 0 aliphatic heterocycles. The van der Waals surface area contributed by atoms with Crippen LogP contribution in [0.15, 0.2) is 12.4 Å². The first-order valence-electron chi connectivity index (χ1n) is 5.73. The summed E-state index contributed by atoms with van der Waals surface area (Å²) >= 11 is 0. The predicted octanol–water partition coefficient (Wildman–Crippen LogP) is 1.97. The highest BCUT2D eigenvalue weighted by Crippen LogP contribution is 2.28. The summed E-state index contributed by atoms with van der Waals surface area (Å²) in [7, 11) is 0. The molecule has 2 rings (SSSR count). The summed E-state index contributed by atoms with van der Waals surface area (Å²) in [5.41, 5.74) is 6.29. The van der Waals surface area contributed by atoms with Crippen LogP contribution >= 0.6 is 0 Å². The molecule has 0 radical (unpaired) electrons. The minimum Gasteiger partial charge on any atom is -0.396 e. The molecule has 86 valence electrons. The van der Waals surface area contributed by atoms with Crippen molar-refractivity contribution in [3.8, 4) is 0 Å². The Bertz CT molecular complexity index is 277. The lowest BCUT2D eigenvalue weighted by Crippen LogP contribution is -2.21. The highest BCUT2D eigenvalue weighted by atomic mass is 16.3. The standard InChI is InChI=1S/C9H15N3O.C2H6/c10-7-5-11-12(6-7)8-1-3-9(13)4-2-8;1-2/h5-6,8-9,13H,1-4,10H2;1-2H3. The van der Waals surface area contributed by atoms with Gasteiger partial charge in [0.2, 0.25) is 0 Å². The molecule has 0 aromatic carbocycles. The maximum atomic E-state index is 9.32. The van der Waals surface area contributed by atoms with Gasteiger partial charge >= 0.3 is 0 Å². The topological polar surface area (TPSA) is 64.1 Å². The van der Waals surface area contributed by atoms with Gasteiger partial charge in [0.25, 0.3) is 0 Å². The van der Waals surface area contributed by atoms with Gasteiger partial charge in [-0.3, -0.25) is 4.68 Å². The third kappa shape index (κ3) is 3.23. The number of nitrogens with two attached hydrogens (primary N) is 1. The molecule has 1 aliphatic rings. The highest BCUT2D eigenvalue weighted by Gasteiger charge is 2.20. The fourth-order valence-electron chi connectivity index (χ4n) is 1.88. The van der Waals surface area contributed by atoms with Crippen molar-refractivity contribution < 1.29 is 5.11 Å². The Morgan fingerprint density at radius 1 is 1.33 bits per heavy atom. The number of anilines is 1. The van der Waals surface area contributed by atoms with Crippen LogP contribution in [0.25, 0.3) is 0 Å². The number of hydrogen-bond donors (Lipinski definition) is 2. The summed E-state index contributed by atoms with van der Waals surface area (Å²) in [4.78, 5) is 0. The van der Waals surface area contributed by atoms with Crippen LogP contribution in [-0.2, 0) is 0 Å². The first-order chi connectivity index (χ1) is 7.25. The monoisotopic (exact) mass is 211 g/mol. The number of nitrogens with zero attached hydrogens (tertiary/aromatic N) is 2. The van der Waals surface area contributed by atoms with Crippen LogP contribution in [0.3, 0.4) is 0 Å². The molecule has 1 aromatic rings. The summed E-state index contributed by atoms with van der Waals surface area (Å²) in [6.45, 7) is 4.00. The van der Waals surface area contributed by atoms with Crippen molar-refractivity contribution in [2.45, 2.75) is 51.7 Å². The molecule has 0 bridgehead atoms. The van der Waals surface area contributed by atoms with Crippen molar-refractivity contribution in [3.05, 3.63) is 12.4 Å². The van der Waals surface area contributed by atoms with Crippen LogP contribution in [-0.4, -0.2) is 21.0 Å². The summed E-state index contributed by atoms with van der Waals surface area (Å²) in [5, 5.41) is 13.5. The van der Waals surface area contributed by atoms with Gasteiger partial charge < -0.3 is 10.8 Å². The highest BCUT2D eigenvalue weighted by molar-refractivity contribution is 5.30. The lowest BCUT2D eigenvalue weighted by molar-refractivity contribution is 0.108. The molecule has 1 heterocycles. The van der Waals surface area contributed by atoms with E-state index in [-0.39, 0.29) is 6.10 Å². The van der Waals surface area contributed by atoms with Crippen LogP contribution in [0.5, 0.6) is 0 Å². The number of nitrogen functional groups attached to an aromatic ring is 1. The Hall–Kier alpha value is -1.03. The van der Waals surface area contributed by atoms with Crippen molar-refractivity contribution in [1.82, 2.24) is 9.78 Å². The van der Waals surface area contributed by atoms with Crippen molar-refractivity contribution in [3.63, 3.8) is 0 Å². The third-order valence-corrected chi connectivity index (χ3v) is 2.66. The number of hydrogen-bond acceptors (Lipinski definition) is 3. The summed E-state index contributed by atoms with van der Waals surface area (Å²) in [6.07, 6.45) is 7.19. The van der Waals surface area contributed by atoms with Crippen LogP contribution < -0.4 is 5.73 Å². The number of aliphatic hydroxyl groups is 1. The fraction of sp³-hybridized carbons (Fsp3) is 0.727. The SMILES string of the molecule is CC.Nc1cnn(C2CCC(O)CC2)c1. The summed E-state index contributed by atoms with van der Waals surface area (Å²) in [5.74, 6) is 0. The molecule has 1 aliphatic carbocycles. The van der Waals surface area contributed by atoms with Gasteiger partial charge in [-0.05, 0) is 25.7 Å². The molecule has 0 spiro atoms. The fourth-order valence-corrected chi connectivity index (χ4v) is 1.88. The molecule has 4 heteroatoms. The first-order valence-corrected chi connectivity index (χ1v) is 5.73. The molecule has 0 amide bonds. The maximum Gasteiger partial charge on any atom is 0.0719 e. The summed E-state index contributed by atoms with van der Waals surface area (Å²) in [6, 6.07) is 0.431. The van der Waals surface area contributed by atoms with E-state index in [2.05, 4.69) is 5.10 Å². The minimum absolute atomic E-state index is 0.107. The molecule has 4 nitrogen and oxygen atoms in total. The Labute approximate surface area is 91.1 Å². The Morgan fingerprint density at radius 3 is 2.40 bits per heavy atom. The van der Waals surface area contributed by atoms with Gasteiger partial charge in [0, 0.05) is 6.20 Å². The molecule has 0 atom stereocenters. The van der Waals surface area contributed by atoms with Crippen LogP contribution in [0, 0.1) is 0 Å². The van der Waals surface area contributed by atoms with Gasteiger partial charge in [0.15, 0.2) is 0 Å². The van der Waals surface area contributed by atoms with Gasteiger partial charge in [-0.2, -0.15) is 5.10 Å². The van der Waals surface area contributed by atoms with Gasteiger partial charge in [0.1, 0.15) is 0 Å². The largest absolute Gasteiger partial charge is 0.396 e. The van der Waals surface area contributed by atoms with Gasteiger partial charge in [-0.1, -0.05) is 13.8 Å². The second-order valence-corrected chi connectivity index (χ2v) is 3.72. The molecular weight excluding hydrogens is 190 g/mol. The van der Waals surface area contributed by atoms with Gasteiger partial charge in [0.05, 0.1) is 24.0 Å². The average Bonchev–Trinajstić information content (AvgIpc) is 2.69. The quantitative estimate of drug-likeness (QED) is 0.746.